The highest BCUT2D eigenvalue weighted by Crippen LogP contribution is 2.13. The van der Waals surface area contributed by atoms with E-state index >= 15 is 0 Å². The molecule has 0 aromatic heterocycles. The van der Waals surface area contributed by atoms with Crippen molar-refractivity contribution < 1.29 is 13.9 Å². The molecule has 0 bridgehead atoms. The molecule has 1 unspecified atom stereocenters. The van der Waals surface area contributed by atoms with Gasteiger partial charge in [0.1, 0.15) is 6.67 Å². The first kappa shape index (κ1) is 7.95. The molecule has 1 heterocycles. The van der Waals surface area contributed by atoms with Crippen LogP contribution in [0.2, 0.25) is 0 Å². The normalized spacial score (nSPS) is 26.7. The van der Waals surface area contributed by atoms with Gasteiger partial charge in [-0.25, -0.2) is 4.39 Å². The van der Waals surface area contributed by atoms with Crippen molar-refractivity contribution >= 4 is 0 Å². The fraction of sp³-hybridized carbons (Fsp3) is 1.00. The van der Waals surface area contributed by atoms with Crippen LogP contribution >= 0.6 is 0 Å². The fourth-order valence-corrected chi connectivity index (χ4v) is 1.02. The van der Waals surface area contributed by atoms with E-state index in [2.05, 4.69) is 0 Å². The first-order valence-corrected chi connectivity index (χ1v) is 3.72. The summed E-state index contributed by atoms with van der Waals surface area (Å²) in [5, 5.41) is 0. The average molecular weight is 148 g/mol. The molecule has 1 rings (SSSR count). The number of hydrogen-bond donors (Lipinski definition) is 0. The minimum absolute atomic E-state index is 0.135. The maximum Gasteiger partial charge on any atom is 0.157 e. The molecule has 60 valence electrons. The summed E-state index contributed by atoms with van der Waals surface area (Å²) in [5.74, 6) is 0. The maximum absolute atomic E-state index is 11.6. The van der Waals surface area contributed by atoms with E-state index in [1.807, 2.05) is 0 Å². The van der Waals surface area contributed by atoms with Gasteiger partial charge >= 0.3 is 0 Å². The second-order valence-electron chi connectivity index (χ2n) is 2.36. The molecule has 0 aromatic rings. The van der Waals surface area contributed by atoms with Crippen molar-refractivity contribution in [3.63, 3.8) is 0 Å². The quantitative estimate of drug-likeness (QED) is 0.603. The topological polar surface area (TPSA) is 18.5 Å². The Morgan fingerprint density at radius 3 is 3.00 bits per heavy atom. The van der Waals surface area contributed by atoms with E-state index in [-0.39, 0.29) is 12.9 Å². The lowest BCUT2D eigenvalue weighted by molar-refractivity contribution is -0.163. The Morgan fingerprint density at radius 1 is 1.50 bits per heavy atom. The molecule has 1 aliphatic rings. The average Bonchev–Trinajstić information content (AvgIpc) is 2.03. The standard InChI is InChI=1S/C7H13FO2/c8-4-6-10-7-3-1-2-5-9-7/h7H,1-6H2. The Kier molecular flexibility index (Phi) is 3.68. The van der Waals surface area contributed by atoms with Gasteiger partial charge in [-0.05, 0) is 19.3 Å². The zero-order chi connectivity index (χ0) is 7.23. The van der Waals surface area contributed by atoms with Crippen molar-refractivity contribution in [2.75, 3.05) is 19.9 Å². The predicted molar refractivity (Wildman–Crippen MR) is 35.5 cm³/mol. The molecule has 2 nitrogen and oxygen atoms in total. The van der Waals surface area contributed by atoms with Gasteiger partial charge in [-0.15, -0.1) is 0 Å². The third kappa shape index (κ3) is 2.62. The fourth-order valence-electron chi connectivity index (χ4n) is 1.02. The zero-order valence-corrected chi connectivity index (χ0v) is 6.01. The second kappa shape index (κ2) is 4.63. The lowest BCUT2D eigenvalue weighted by Gasteiger charge is -2.21. The molecule has 0 saturated carbocycles. The van der Waals surface area contributed by atoms with Crippen LogP contribution in [0.3, 0.4) is 0 Å². The molecular weight excluding hydrogens is 135 g/mol. The number of ether oxygens (including phenoxy) is 2. The van der Waals surface area contributed by atoms with E-state index in [0.29, 0.717) is 0 Å². The van der Waals surface area contributed by atoms with Crippen LogP contribution in [-0.2, 0) is 9.47 Å². The Bertz CT molecular complexity index is 81.7. The summed E-state index contributed by atoms with van der Waals surface area (Å²) < 4.78 is 21.8. The van der Waals surface area contributed by atoms with E-state index in [1.165, 1.54) is 0 Å². The van der Waals surface area contributed by atoms with Crippen molar-refractivity contribution in [1.82, 2.24) is 0 Å². The van der Waals surface area contributed by atoms with E-state index in [9.17, 15) is 4.39 Å². The van der Waals surface area contributed by atoms with Gasteiger partial charge < -0.3 is 9.47 Å². The Balaban J connectivity index is 2.02. The maximum atomic E-state index is 11.6. The van der Waals surface area contributed by atoms with Crippen LogP contribution in [0.25, 0.3) is 0 Å². The SMILES string of the molecule is FCCOC1CCCCO1. The first-order valence-electron chi connectivity index (χ1n) is 3.72. The van der Waals surface area contributed by atoms with Gasteiger partial charge in [0.2, 0.25) is 0 Å². The Morgan fingerprint density at radius 2 is 2.40 bits per heavy atom. The van der Waals surface area contributed by atoms with Crippen LogP contribution in [0.1, 0.15) is 19.3 Å². The minimum Gasteiger partial charge on any atom is -0.353 e. The third-order valence-corrected chi connectivity index (χ3v) is 1.52. The van der Waals surface area contributed by atoms with Crippen LogP contribution < -0.4 is 0 Å². The lowest BCUT2D eigenvalue weighted by atomic mass is 10.2. The van der Waals surface area contributed by atoms with Gasteiger partial charge in [-0.3, -0.25) is 0 Å². The van der Waals surface area contributed by atoms with Crippen molar-refractivity contribution in [1.29, 1.82) is 0 Å². The first-order chi connectivity index (χ1) is 4.93. The molecule has 0 aromatic carbocycles. The largest absolute Gasteiger partial charge is 0.353 e. The molecule has 1 atom stereocenters. The van der Waals surface area contributed by atoms with E-state index < -0.39 is 6.67 Å². The molecule has 0 N–H and O–H groups in total. The number of halogens is 1. The summed E-state index contributed by atoms with van der Waals surface area (Å²) in [4.78, 5) is 0. The van der Waals surface area contributed by atoms with Crippen molar-refractivity contribution in [2.24, 2.45) is 0 Å². The molecule has 10 heavy (non-hydrogen) atoms. The highest BCUT2D eigenvalue weighted by molar-refractivity contribution is 4.53. The van der Waals surface area contributed by atoms with Crippen molar-refractivity contribution in [3.8, 4) is 0 Å². The van der Waals surface area contributed by atoms with E-state index in [0.717, 1.165) is 25.9 Å². The van der Waals surface area contributed by atoms with Gasteiger partial charge in [0.15, 0.2) is 6.29 Å². The van der Waals surface area contributed by atoms with E-state index in [1.54, 1.807) is 0 Å². The molecule has 1 saturated heterocycles. The minimum atomic E-state index is -0.417. The van der Waals surface area contributed by atoms with Gasteiger partial charge in [0.05, 0.1) is 6.61 Å². The molecular formula is C7H13FO2. The predicted octanol–water partition coefficient (Wildman–Crippen LogP) is 1.50. The molecule has 3 heteroatoms. The summed E-state index contributed by atoms with van der Waals surface area (Å²) in [6, 6.07) is 0. The van der Waals surface area contributed by atoms with Crippen LogP contribution in [0, 0.1) is 0 Å². The summed E-state index contributed by atoms with van der Waals surface area (Å²) in [6.45, 7) is 0.515. The highest BCUT2D eigenvalue weighted by atomic mass is 19.1. The van der Waals surface area contributed by atoms with Crippen LogP contribution in [0.15, 0.2) is 0 Å². The summed E-state index contributed by atoms with van der Waals surface area (Å²) >= 11 is 0. The molecule has 0 amide bonds. The van der Waals surface area contributed by atoms with Gasteiger partial charge in [0.25, 0.3) is 0 Å². The lowest BCUT2D eigenvalue weighted by Crippen LogP contribution is -2.22. The Hall–Kier alpha value is -0.150. The molecule has 1 fully saturated rings. The summed E-state index contributed by atoms with van der Waals surface area (Å²) in [5.41, 5.74) is 0. The van der Waals surface area contributed by atoms with Gasteiger partial charge in [-0.2, -0.15) is 0 Å². The zero-order valence-electron chi connectivity index (χ0n) is 6.01. The van der Waals surface area contributed by atoms with Crippen molar-refractivity contribution in [2.45, 2.75) is 25.6 Å². The third-order valence-electron chi connectivity index (χ3n) is 1.52. The number of rotatable bonds is 3. The monoisotopic (exact) mass is 148 g/mol. The summed E-state index contributed by atoms with van der Waals surface area (Å²) in [6.07, 6.45) is 3.02. The van der Waals surface area contributed by atoms with Gasteiger partial charge in [-0.1, -0.05) is 0 Å². The number of hydrogen-bond acceptors (Lipinski definition) is 2. The second-order valence-corrected chi connectivity index (χ2v) is 2.36. The van der Waals surface area contributed by atoms with Crippen LogP contribution in [0.4, 0.5) is 4.39 Å². The van der Waals surface area contributed by atoms with Crippen molar-refractivity contribution in [3.05, 3.63) is 0 Å². The smallest absolute Gasteiger partial charge is 0.157 e. The number of alkyl halides is 1. The molecule has 0 radical (unpaired) electrons. The van der Waals surface area contributed by atoms with Crippen LogP contribution in [0.5, 0.6) is 0 Å². The van der Waals surface area contributed by atoms with Gasteiger partial charge in [0, 0.05) is 6.61 Å². The molecule has 1 aliphatic heterocycles. The molecule has 0 aliphatic carbocycles. The van der Waals surface area contributed by atoms with Crippen LogP contribution in [-0.4, -0.2) is 26.2 Å². The molecule has 0 spiro atoms. The summed E-state index contributed by atoms with van der Waals surface area (Å²) in [7, 11) is 0. The van der Waals surface area contributed by atoms with E-state index in [4.69, 9.17) is 9.47 Å². The highest BCUT2D eigenvalue weighted by Gasteiger charge is 2.12. The Labute approximate surface area is 60.3 Å².